The maximum atomic E-state index is 10.4. The molecule has 0 amide bonds. The summed E-state index contributed by atoms with van der Waals surface area (Å²) in [5, 5.41) is 12.6. The largest absolute Gasteiger partial charge is 0.493 e. The van der Waals surface area contributed by atoms with E-state index in [4.69, 9.17) is 9.84 Å². The van der Waals surface area contributed by atoms with Gasteiger partial charge in [-0.25, -0.2) is 4.79 Å². The third-order valence-electron chi connectivity index (χ3n) is 2.85. The highest BCUT2D eigenvalue weighted by Crippen LogP contribution is 2.13. The molecule has 0 aliphatic heterocycles. The highest BCUT2D eigenvalue weighted by atomic mass is 16.5. The van der Waals surface area contributed by atoms with Crippen molar-refractivity contribution in [3.63, 3.8) is 0 Å². The number of hydrogen-bond acceptors (Lipinski definition) is 3. The lowest BCUT2D eigenvalue weighted by molar-refractivity contribution is -0.131. The van der Waals surface area contributed by atoms with Crippen LogP contribution in [-0.2, 0) is 18.3 Å². The van der Waals surface area contributed by atoms with Crippen LogP contribution in [0.4, 0.5) is 0 Å². The first-order valence-corrected chi connectivity index (χ1v) is 6.26. The maximum Gasteiger partial charge on any atom is 0.328 e. The molecule has 0 saturated carbocycles. The zero-order chi connectivity index (χ0) is 14.4. The molecule has 1 aromatic carbocycles. The monoisotopic (exact) mass is 272 g/mol. The van der Waals surface area contributed by atoms with Gasteiger partial charge in [0.15, 0.2) is 0 Å². The molecule has 2 aromatic rings. The van der Waals surface area contributed by atoms with Crippen molar-refractivity contribution >= 4 is 12.0 Å². The number of aromatic nitrogens is 2. The van der Waals surface area contributed by atoms with Crippen molar-refractivity contribution in [2.45, 2.75) is 6.42 Å². The lowest BCUT2D eigenvalue weighted by atomic mass is 10.2. The fraction of sp³-hybridized carbons (Fsp3) is 0.200. The van der Waals surface area contributed by atoms with Crippen molar-refractivity contribution in [2.24, 2.45) is 7.05 Å². The number of aryl methyl sites for hydroxylation is 1. The number of rotatable bonds is 6. The van der Waals surface area contributed by atoms with E-state index in [0.717, 1.165) is 29.5 Å². The highest BCUT2D eigenvalue weighted by molar-refractivity contribution is 5.85. The summed E-state index contributed by atoms with van der Waals surface area (Å²) in [7, 11) is 1.90. The summed E-state index contributed by atoms with van der Waals surface area (Å²) in [6.45, 7) is 0.573. The first-order chi connectivity index (χ1) is 9.65. The van der Waals surface area contributed by atoms with Gasteiger partial charge in [-0.1, -0.05) is 12.1 Å². The van der Waals surface area contributed by atoms with Gasteiger partial charge in [0, 0.05) is 31.4 Å². The molecule has 20 heavy (non-hydrogen) atoms. The van der Waals surface area contributed by atoms with Crippen molar-refractivity contribution in [3.8, 4) is 5.75 Å². The van der Waals surface area contributed by atoms with Gasteiger partial charge in [0.25, 0.3) is 0 Å². The van der Waals surface area contributed by atoms with Crippen LogP contribution in [0.3, 0.4) is 0 Å². The average Bonchev–Trinajstić information content (AvgIpc) is 2.83. The fourth-order valence-corrected chi connectivity index (χ4v) is 1.76. The van der Waals surface area contributed by atoms with Crippen molar-refractivity contribution in [3.05, 3.63) is 53.9 Å². The van der Waals surface area contributed by atoms with Crippen LogP contribution in [-0.4, -0.2) is 27.5 Å². The van der Waals surface area contributed by atoms with Gasteiger partial charge in [-0.3, -0.25) is 4.68 Å². The second-order valence-corrected chi connectivity index (χ2v) is 4.29. The first kappa shape index (κ1) is 13.9. The number of benzene rings is 1. The predicted octanol–water partition coefficient (Wildman–Crippen LogP) is 2.14. The van der Waals surface area contributed by atoms with E-state index >= 15 is 0 Å². The van der Waals surface area contributed by atoms with Crippen LogP contribution in [0.2, 0.25) is 0 Å². The molecule has 1 N–H and O–H groups in total. The molecular formula is C15H16N2O3. The van der Waals surface area contributed by atoms with Crippen LogP contribution >= 0.6 is 0 Å². The summed E-state index contributed by atoms with van der Waals surface area (Å²) < 4.78 is 7.46. The summed E-state index contributed by atoms with van der Waals surface area (Å²) >= 11 is 0. The van der Waals surface area contributed by atoms with E-state index in [1.165, 1.54) is 0 Å². The van der Waals surface area contributed by atoms with Gasteiger partial charge in [-0.15, -0.1) is 0 Å². The van der Waals surface area contributed by atoms with E-state index in [2.05, 4.69) is 5.10 Å². The van der Waals surface area contributed by atoms with Gasteiger partial charge in [0.05, 0.1) is 6.61 Å². The average molecular weight is 272 g/mol. The minimum Gasteiger partial charge on any atom is -0.493 e. The van der Waals surface area contributed by atoms with Crippen molar-refractivity contribution in [1.82, 2.24) is 9.78 Å². The Bertz CT molecular complexity index is 600. The van der Waals surface area contributed by atoms with Crippen LogP contribution in [0.15, 0.2) is 42.6 Å². The summed E-state index contributed by atoms with van der Waals surface area (Å²) in [4.78, 5) is 10.4. The van der Waals surface area contributed by atoms with Crippen LogP contribution < -0.4 is 4.74 Å². The van der Waals surface area contributed by atoms with Crippen molar-refractivity contribution < 1.29 is 14.6 Å². The summed E-state index contributed by atoms with van der Waals surface area (Å²) in [6.07, 6.45) is 5.20. The van der Waals surface area contributed by atoms with E-state index < -0.39 is 5.97 Å². The lowest BCUT2D eigenvalue weighted by Crippen LogP contribution is -2.05. The molecule has 1 aromatic heterocycles. The van der Waals surface area contributed by atoms with Crippen molar-refractivity contribution in [2.75, 3.05) is 6.61 Å². The minimum atomic E-state index is -0.957. The molecule has 0 aliphatic carbocycles. The first-order valence-electron chi connectivity index (χ1n) is 6.26. The minimum absolute atomic E-state index is 0.573. The molecule has 0 unspecified atom stereocenters. The SMILES string of the molecule is Cn1nccc1CCOc1ccc(/C=C/C(=O)O)cc1. The van der Waals surface area contributed by atoms with Gasteiger partial charge in [0.2, 0.25) is 0 Å². The number of ether oxygens (including phenoxy) is 1. The summed E-state index contributed by atoms with van der Waals surface area (Å²) in [5.41, 5.74) is 1.94. The highest BCUT2D eigenvalue weighted by Gasteiger charge is 1.99. The number of nitrogens with zero attached hydrogens (tertiary/aromatic N) is 2. The summed E-state index contributed by atoms with van der Waals surface area (Å²) in [5.74, 6) is -0.193. The van der Waals surface area contributed by atoms with E-state index in [1.807, 2.05) is 42.1 Å². The van der Waals surface area contributed by atoms with Crippen LogP contribution in [0.1, 0.15) is 11.3 Å². The zero-order valence-corrected chi connectivity index (χ0v) is 11.2. The molecule has 5 nitrogen and oxygen atoms in total. The molecule has 0 bridgehead atoms. The Morgan fingerprint density at radius 2 is 2.10 bits per heavy atom. The smallest absolute Gasteiger partial charge is 0.328 e. The molecule has 0 aliphatic rings. The topological polar surface area (TPSA) is 64.4 Å². The van der Waals surface area contributed by atoms with Gasteiger partial charge >= 0.3 is 5.97 Å². The number of carbonyl (C=O) groups is 1. The quantitative estimate of drug-likeness (QED) is 0.818. The normalized spacial score (nSPS) is 10.8. The van der Waals surface area contributed by atoms with Crippen LogP contribution in [0.25, 0.3) is 6.08 Å². The second-order valence-electron chi connectivity index (χ2n) is 4.29. The third kappa shape index (κ3) is 3.98. The number of carboxylic acid groups (broad SMARTS) is 1. The fourth-order valence-electron chi connectivity index (χ4n) is 1.76. The second kappa shape index (κ2) is 6.56. The molecule has 0 atom stereocenters. The van der Waals surface area contributed by atoms with Crippen LogP contribution in [0.5, 0.6) is 5.75 Å². The molecular weight excluding hydrogens is 256 g/mol. The molecule has 2 rings (SSSR count). The van der Waals surface area contributed by atoms with Gasteiger partial charge in [-0.2, -0.15) is 5.10 Å². The Balaban J connectivity index is 1.85. The third-order valence-corrected chi connectivity index (χ3v) is 2.85. The molecule has 1 heterocycles. The number of hydrogen-bond donors (Lipinski definition) is 1. The molecule has 5 heteroatoms. The standard InChI is InChI=1S/C15H16N2O3/c1-17-13(8-10-16-17)9-11-20-14-5-2-12(3-6-14)4-7-15(18)19/h2-8,10H,9,11H2,1H3,(H,18,19)/b7-4+. The summed E-state index contributed by atoms with van der Waals surface area (Å²) in [6, 6.07) is 9.25. The van der Waals surface area contributed by atoms with Gasteiger partial charge in [-0.05, 0) is 29.8 Å². The Morgan fingerprint density at radius 1 is 1.35 bits per heavy atom. The number of carboxylic acids is 1. The predicted molar refractivity (Wildman–Crippen MR) is 75.5 cm³/mol. The lowest BCUT2D eigenvalue weighted by Gasteiger charge is -2.06. The van der Waals surface area contributed by atoms with E-state index in [0.29, 0.717) is 6.61 Å². The number of aliphatic carboxylic acids is 1. The van der Waals surface area contributed by atoms with Crippen molar-refractivity contribution in [1.29, 1.82) is 0 Å². The van der Waals surface area contributed by atoms with E-state index in [9.17, 15) is 4.79 Å². The van der Waals surface area contributed by atoms with E-state index in [-0.39, 0.29) is 0 Å². The molecule has 0 spiro atoms. The van der Waals surface area contributed by atoms with Crippen LogP contribution in [0, 0.1) is 0 Å². The maximum absolute atomic E-state index is 10.4. The van der Waals surface area contributed by atoms with E-state index in [1.54, 1.807) is 12.3 Å². The van der Waals surface area contributed by atoms with Gasteiger partial charge in [0.1, 0.15) is 5.75 Å². The Hall–Kier alpha value is -2.56. The Labute approximate surface area is 117 Å². The zero-order valence-electron chi connectivity index (χ0n) is 11.2. The molecule has 0 saturated heterocycles. The van der Waals surface area contributed by atoms with Gasteiger partial charge < -0.3 is 9.84 Å². The Kier molecular flexibility index (Phi) is 4.55. The Morgan fingerprint density at radius 3 is 2.70 bits per heavy atom. The molecule has 0 fully saturated rings. The molecule has 0 radical (unpaired) electrons. The molecule has 104 valence electrons.